The van der Waals surface area contributed by atoms with Crippen molar-refractivity contribution in [1.29, 1.82) is 0 Å². The normalized spacial score (nSPS) is 14.4. The number of rotatable bonds is 4. The van der Waals surface area contributed by atoms with Crippen LogP contribution in [0, 0.1) is 0 Å². The molecule has 1 aromatic rings. The third kappa shape index (κ3) is 2.35. The standard InChI is InChI=1S/C12H17N3/c1-2-3-8-13-12-10-6-4-5-7-11(10)14-9-15-12/h2,9H,1,3-8H2,(H,13,14,15). The van der Waals surface area contributed by atoms with E-state index < -0.39 is 0 Å². The number of nitrogens with zero attached hydrogens (tertiary/aromatic N) is 2. The van der Waals surface area contributed by atoms with Crippen LogP contribution in [0.1, 0.15) is 30.5 Å². The van der Waals surface area contributed by atoms with E-state index in [2.05, 4.69) is 21.9 Å². The Kier molecular flexibility index (Phi) is 3.33. The second-order valence-corrected chi connectivity index (χ2v) is 3.86. The highest BCUT2D eigenvalue weighted by atomic mass is 15.0. The van der Waals surface area contributed by atoms with E-state index in [4.69, 9.17) is 0 Å². The van der Waals surface area contributed by atoms with Crippen LogP contribution in [0.4, 0.5) is 5.82 Å². The van der Waals surface area contributed by atoms with Crippen LogP contribution in [0.3, 0.4) is 0 Å². The van der Waals surface area contributed by atoms with Gasteiger partial charge in [-0.05, 0) is 32.1 Å². The van der Waals surface area contributed by atoms with Gasteiger partial charge < -0.3 is 5.32 Å². The fraction of sp³-hybridized carbons (Fsp3) is 0.500. The van der Waals surface area contributed by atoms with Gasteiger partial charge in [0.1, 0.15) is 12.1 Å². The van der Waals surface area contributed by atoms with E-state index >= 15 is 0 Å². The summed E-state index contributed by atoms with van der Waals surface area (Å²) in [6.45, 7) is 4.62. The van der Waals surface area contributed by atoms with Gasteiger partial charge in [0, 0.05) is 17.8 Å². The molecule has 1 heterocycles. The first kappa shape index (κ1) is 10.1. The molecule has 0 spiro atoms. The van der Waals surface area contributed by atoms with Crippen LogP contribution < -0.4 is 5.32 Å². The summed E-state index contributed by atoms with van der Waals surface area (Å²) >= 11 is 0. The third-order valence-corrected chi connectivity index (χ3v) is 2.77. The highest BCUT2D eigenvalue weighted by molar-refractivity contribution is 5.46. The molecule has 0 bridgehead atoms. The lowest BCUT2D eigenvalue weighted by molar-refractivity contribution is 0.663. The fourth-order valence-corrected chi connectivity index (χ4v) is 1.97. The average molecular weight is 203 g/mol. The minimum absolute atomic E-state index is 0.910. The number of aryl methyl sites for hydroxylation is 1. The smallest absolute Gasteiger partial charge is 0.132 e. The lowest BCUT2D eigenvalue weighted by atomic mass is 9.96. The van der Waals surface area contributed by atoms with Gasteiger partial charge in [0.15, 0.2) is 0 Å². The summed E-state index contributed by atoms with van der Waals surface area (Å²) in [6.07, 6.45) is 9.30. The molecule has 0 saturated heterocycles. The average Bonchev–Trinajstić information content (AvgIpc) is 2.30. The van der Waals surface area contributed by atoms with Gasteiger partial charge in [0.05, 0.1) is 0 Å². The van der Waals surface area contributed by atoms with E-state index in [-0.39, 0.29) is 0 Å². The first-order valence-corrected chi connectivity index (χ1v) is 5.59. The summed E-state index contributed by atoms with van der Waals surface area (Å²) in [4.78, 5) is 8.64. The number of nitrogens with one attached hydrogen (secondary N) is 1. The van der Waals surface area contributed by atoms with Gasteiger partial charge in [0.25, 0.3) is 0 Å². The Morgan fingerprint density at radius 2 is 2.20 bits per heavy atom. The van der Waals surface area contributed by atoms with E-state index in [0.717, 1.165) is 31.6 Å². The largest absolute Gasteiger partial charge is 0.369 e. The second-order valence-electron chi connectivity index (χ2n) is 3.86. The molecular formula is C12H17N3. The van der Waals surface area contributed by atoms with Crippen LogP contribution in [-0.2, 0) is 12.8 Å². The van der Waals surface area contributed by atoms with Crippen molar-refractivity contribution >= 4 is 5.82 Å². The van der Waals surface area contributed by atoms with Crippen molar-refractivity contribution < 1.29 is 0 Å². The van der Waals surface area contributed by atoms with Crippen LogP contribution in [-0.4, -0.2) is 16.5 Å². The maximum Gasteiger partial charge on any atom is 0.132 e. The number of hydrogen-bond donors (Lipinski definition) is 1. The lowest BCUT2D eigenvalue weighted by Crippen LogP contribution is -2.12. The van der Waals surface area contributed by atoms with Crippen molar-refractivity contribution in [3.63, 3.8) is 0 Å². The molecule has 3 nitrogen and oxygen atoms in total. The van der Waals surface area contributed by atoms with Gasteiger partial charge in [-0.15, -0.1) is 6.58 Å². The fourth-order valence-electron chi connectivity index (χ4n) is 1.97. The zero-order valence-corrected chi connectivity index (χ0v) is 9.00. The Bertz CT molecular complexity index is 347. The molecule has 0 atom stereocenters. The molecule has 0 saturated carbocycles. The Labute approximate surface area is 90.6 Å². The summed E-state index contributed by atoms with van der Waals surface area (Å²) in [5.74, 6) is 1.03. The third-order valence-electron chi connectivity index (χ3n) is 2.77. The highest BCUT2D eigenvalue weighted by Crippen LogP contribution is 2.24. The first-order valence-electron chi connectivity index (χ1n) is 5.59. The molecule has 1 aromatic heterocycles. The second kappa shape index (κ2) is 4.91. The molecule has 0 aromatic carbocycles. The monoisotopic (exact) mass is 203 g/mol. The molecular weight excluding hydrogens is 186 g/mol. The Morgan fingerprint density at radius 3 is 3.07 bits per heavy atom. The summed E-state index contributed by atoms with van der Waals surface area (Å²) in [6, 6.07) is 0. The summed E-state index contributed by atoms with van der Waals surface area (Å²) < 4.78 is 0. The maximum atomic E-state index is 4.34. The van der Waals surface area contributed by atoms with Crippen LogP contribution in [0.5, 0.6) is 0 Å². The molecule has 0 amide bonds. The number of hydrogen-bond acceptors (Lipinski definition) is 3. The zero-order chi connectivity index (χ0) is 10.5. The molecule has 1 aliphatic carbocycles. The predicted octanol–water partition coefficient (Wildman–Crippen LogP) is 2.34. The van der Waals surface area contributed by atoms with Crippen molar-refractivity contribution in [1.82, 2.24) is 9.97 Å². The van der Waals surface area contributed by atoms with Crippen LogP contribution in [0.2, 0.25) is 0 Å². The van der Waals surface area contributed by atoms with E-state index in [0.29, 0.717) is 0 Å². The first-order chi connectivity index (χ1) is 7.42. The summed E-state index contributed by atoms with van der Waals surface area (Å²) in [7, 11) is 0. The number of aromatic nitrogens is 2. The van der Waals surface area contributed by atoms with Crippen molar-refractivity contribution in [2.45, 2.75) is 32.1 Å². The van der Waals surface area contributed by atoms with Crippen LogP contribution in [0.15, 0.2) is 19.0 Å². The predicted molar refractivity (Wildman–Crippen MR) is 62.0 cm³/mol. The van der Waals surface area contributed by atoms with Crippen LogP contribution >= 0.6 is 0 Å². The molecule has 0 radical (unpaired) electrons. The number of anilines is 1. The van der Waals surface area contributed by atoms with E-state index in [1.165, 1.54) is 24.1 Å². The van der Waals surface area contributed by atoms with E-state index in [9.17, 15) is 0 Å². The highest BCUT2D eigenvalue weighted by Gasteiger charge is 2.14. The van der Waals surface area contributed by atoms with Crippen molar-refractivity contribution in [2.24, 2.45) is 0 Å². The van der Waals surface area contributed by atoms with Gasteiger partial charge in [-0.2, -0.15) is 0 Å². The quantitative estimate of drug-likeness (QED) is 0.603. The molecule has 1 aliphatic rings. The van der Waals surface area contributed by atoms with Gasteiger partial charge in [-0.3, -0.25) is 0 Å². The topological polar surface area (TPSA) is 37.8 Å². The molecule has 3 heteroatoms. The van der Waals surface area contributed by atoms with E-state index in [1.54, 1.807) is 6.33 Å². The van der Waals surface area contributed by atoms with Gasteiger partial charge in [-0.1, -0.05) is 6.08 Å². The van der Waals surface area contributed by atoms with E-state index in [1.807, 2.05) is 6.08 Å². The molecule has 80 valence electrons. The zero-order valence-electron chi connectivity index (χ0n) is 9.00. The molecule has 0 aliphatic heterocycles. The summed E-state index contributed by atoms with van der Waals surface area (Å²) in [5.41, 5.74) is 2.56. The number of fused-ring (bicyclic) bond motifs is 1. The van der Waals surface area contributed by atoms with Gasteiger partial charge >= 0.3 is 0 Å². The minimum Gasteiger partial charge on any atom is -0.369 e. The van der Waals surface area contributed by atoms with Crippen molar-refractivity contribution in [3.05, 3.63) is 30.2 Å². The molecule has 15 heavy (non-hydrogen) atoms. The Morgan fingerprint density at radius 1 is 1.33 bits per heavy atom. The molecule has 2 rings (SSSR count). The van der Waals surface area contributed by atoms with Gasteiger partial charge in [-0.25, -0.2) is 9.97 Å². The molecule has 0 unspecified atom stereocenters. The molecule has 1 N–H and O–H groups in total. The SMILES string of the molecule is C=CCCNc1ncnc2c1CCCC2. The Balaban J connectivity index is 2.12. The van der Waals surface area contributed by atoms with Gasteiger partial charge in [0.2, 0.25) is 0 Å². The summed E-state index contributed by atoms with van der Waals surface area (Å²) in [5, 5.41) is 3.35. The van der Waals surface area contributed by atoms with Crippen molar-refractivity contribution in [2.75, 3.05) is 11.9 Å². The lowest BCUT2D eigenvalue weighted by Gasteiger charge is -2.17. The van der Waals surface area contributed by atoms with Crippen molar-refractivity contribution in [3.8, 4) is 0 Å². The van der Waals surface area contributed by atoms with Crippen LogP contribution in [0.25, 0.3) is 0 Å². The maximum absolute atomic E-state index is 4.34. The Hall–Kier alpha value is -1.38. The molecule has 0 fully saturated rings. The minimum atomic E-state index is 0.910.